The van der Waals surface area contributed by atoms with E-state index in [9.17, 15) is 18.0 Å². The summed E-state index contributed by atoms with van der Waals surface area (Å²) in [5.74, 6) is 0.377. The fourth-order valence-corrected chi connectivity index (χ4v) is 1.81. The Labute approximate surface area is 136 Å². The molecule has 2 rings (SSSR count). The first kappa shape index (κ1) is 17.3. The van der Waals surface area contributed by atoms with Gasteiger partial charge in [0.15, 0.2) is 5.78 Å². The van der Waals surface area contributed by atoms with E-state index in [0.717, 1.165) is 0 Å². The van der Waals surface area contributed by atoms with Crippen molar-refractivity contribution >= 4 is 11.9 Å². The third kappa shape index (κ3) is 4.74. The van der Waals surface area contributed by atoms with E-state index in [-0.39, 0.29) is 11.5 Å². The van der Waals surface area contributed by atoms with Crippen LogP contribution >= 0.6 is 0 Å². The zero-order valence-corrected chi connectivity index (χ0v) is 12.6. The Morgan fingerprint density at radius 3 is 2.04 bits per heavy atom. The summed E-state index contributed by atoms with van der Waals surface area (Å²) >= 11 is 0. The summed E-state index contributed by atoms with van der Waals surface area (Å²) in [7, 11) is 1.54. The van der Waals surface area contributed by atoms with Crippen molar-refractivity contribution in [3.63, 3.8) is 0 Å². The summed E-state index contributed by atoms with van der Waals surface area (Å²) in [6.45, 7) is 0. The molecule has 2 aromatic carbocycles. The van der Waals surface area contributed by atoms with Gasteiger partial charge in [0.2, 0.25) is 0 Å². The molecular weight excluding hydrogens is 321 g/mol. The van der Waals surface area contributed by atoms with Crippen molar-refractivity contribution in [2.45, 2.75) is 0 Å². The minimum atomic E-state index is -2.52. The molecule has 0 heterocycles. The maximum absolute atomic E-state index is 12.6. The Morgan fingerprint density at radius 2 is 1.50 bits per heavy atom. The molecule has 0 saturated heterocycles. The van der Waals surface area contributed by atoms with E-state index >= 15 is 0 Å². The van der Waals surface area contributed by atoms with Gasteiger partial charge in [0.25, 0.3) is 0 Å². The van der Waals surface area contributed by atoms with Crippen LogP contribution in [0.4, 0.5) is 13.2 Å². The van der Waals surface area contributed by atoms with Crippen LogP contribution in [0.2, 0.25) is 0 Å². The highest BCUT2D eigenvalue weighted by molar-refractivity contribution is 6.06. The molecule has 0 saturated carbocycles. The van der Waals surface area contributed by atoms with Gasteiger partial charge in [0, 0.05) is 5.56 Å². The summed E-state index contributed by atoms with van der Waals surface area (Å²) in [5.41, 5.74) is 1.13. The maximum atomic E-state index is 12.6. The normalized spacial score (nSPS) is 10.5. The maximum Gasteiger partial charge on any atom is 0.344 e. The van der Waals surface area contributed by atoms with Crippen LogP contribution in [0.15, 0.2) is 66.7 Å². The van der Waals surface area contributed by atoms with Crippen molar-refractivity contribution in [3.05, 3.63) is 77.8 Å². The van der Waals surface area contributed by atoms with E-state index in [1.807, 2.05) is 0 Å². The van der Waals surface area contributed by atoms with Crippen LogP contribution in [0.3, 0.4) is 0 Å². The van der Waals surface area contributed by atoms with Crippen LogP contribution in [0, 0.1) is 0 Å². The van der Waals surface area contributed by atoms with Crippen LogP contribution in [0.25, 0.3) is 6.08 Å². The predicted molar refractivity (Wildman–Crippen MR) is 83.8 cm³/mol. The predicted octanol–water partition coefficient (Wildman–Crippen LogP) is 5.01. The van der Waals surface area contributed by atoms with Gasteiger partial charge in [-0.2, -0.15) is 13.2 Å². The SMILES string of the molecule is COc1ccc(C(=O)C=Cc2ccc(OC(F)=C(F)F)cc2)cc1. The van der Waals surface area contributed by atoms with E-state index in [1.54, 1.807) is 30.3 Å². The van der Waals surface area contributed by atoms with Crippen molar-refractivity contribution in [2.24, 2.45) is 0 Å². The van der Waals surface area contributed by atoms with Crippen LogP contribution in [0.5, 0.6) is 11.5 Å². The van der Waals surface area contributed by atoms with Crippen molar-refractivity contribution in [2.75, 3.05) is 7.11 Å². The fourth-order valence-electron chi connectivity index (χ4n) is 1.81. The Balaban J connectivity index is 2.03. The number of allylic oxidation sites excluding steroid dienone is 1. The molecule has 0 radical (unpaired) electrons. The molecule has 0 aliphatic heterocycles. The van der Waals surface area contributed by atoms with Crippen molar-refractivity contribution < 1.29 is 27.4 Å². The largest absolute Gasteiger partial charge is 0.497 e. The second kappa shape index (κ2) is 8.01. The Kier molecular flexibility index (Phi) is 5.78. The Hall–Kier alpha value is -3.02. The van der Waals surface area contributed by atoms with Gasteiger partial charge in [-0.3, -0.25) is 4.79 Å². The number of halogens is 3. The first-order chi connectivity index (χ1) is 11.5. The molecular formula is C18H13F3O3. The standard InChI is InChI=1S/C18H13F3O3/c1-23-14-9-5-13(6-10-14)16(22)11-4-12-2-7-15(8-3-12)24-18(21)17(19)20/h2-11H,1H3. The number of hydrogen-bond acceptors (Lipinski definition) is 3. The smallest absolute Gasteiger partial charge is 0.344 e. The third-order valence-corrected chi connectivity index (χ3v) is 3.04. The molecule has 0 N–H and O–H groups in total. The summed E-state index contributed by atoms with van der Waals surface area (Å²) in [6, 6.07) is 10.4. The Morgan fingerprint density at radius 1 is 0.917 bits per heavy atom. The second-order valence-corrected chi connectivity index (χ2v) is 4.63. The molecule has 0 unspecified atom stereocenters. The zero-order valence-electron chi connectivity index (χ0n) is 12.6. The van der Waals surface area contributed by atoms with Crippen molar-refractivity contribution in [3.8, 4) is 11.5 Å². The molecule has 0 atom stereocenters. The number of methoxy groups -OCH3 is 1. The van der Waals surface area contributed by atoms with Gasteiger partial charge in [-0.1, -0.05) is 18.2 Å². The van der Waals surface area contributed by atoms with E-state index in [0.29, 0.717) is 16.9 Å². The van der Waals surface area contributed by atoms with E-state index in [1.165, 1.54) is 37.5 Å². The quantitative estimate of drug-likeness (QED) is 0.423. The third-order valence-electron chi connectivity index (χ3n) is 3.04. The molecule has 0 spiro atoms. The molecule has 0 amide bonds. The highest BCUT2D eigenvalue weighted by Gasteiger charge is 2.07. The highest BCUT2D eigenvalue weighted by Crippen LogP contribution is 2.19. The molecule has 0 bridgehead atoms. The summed E-state index contributed by atoms with van der Waals surface area (Å²) in [4.78, 5) is 12.0. The van der Waals surface area contributed by atoms with Gasteiger partial charge in [0.05, 0.1) is 7.11 Å². The molecule has 0 fully saturated rings. The van der Waals surface area contributed by atoms with Gasteiger partial charge >= 0.3 is 12.1 Å². The van der Waals surface area contributed by atoms with E-state index < -0.39 is 12.1 Å². The minimum Gasteiger partial charge on any atom is -0.497 e. The van der Waals surface area contributed by atoms with Crippen LogP contribution < -0.4 is 9.47 Å². The molecule has 6 heteroatoms. The van der Waals surface area contributed by atoms with Crippen LogP contribution in [0.1, 0.15) is 15.9 Å². The van der Waals surface area contributed by atoms with Crippen molar-refractivity contribution in [1.29, 1.82) is 0 Å². The van der Waals surface area contributed by atoms with E-state index in [4.69, 9.17) is 4.74 Å². The lowest BCUT2D eigenvalue weighted by Crippen LogP contribution is -1.94. The number of ketones is 1. The monoisotopic (exact) mass is 334 g/mol. The molecule has 0 aliphatic carbocycles. The lowest BCUT2D eigenvalue weighted by molar-refractivity contribution is 0.104. The Bertz CT molecular complexity index is 759. The van der Waals surface area contributed by atoms with Gasteiger partial charge in [-0.05, 0) is 48.0 Å². The van der Waals surface area contributed by atoms with Crippen LogP contribution in [-0.4, -0.2) is 12.9 Å². The first-order valence-electron chi connectivity index (χ1n) is 6.85. The highest BCUT2D eigenvalue weighted by atomic mass is 19.3. The van der Waals surface area contributed by atoms with Crippen molar-refractivity contribution in [1.82, 2.24) is 0 Å². The molecule has 124 valence electrons. The lowest BCUT2D eigenvalue weighted by Gasteiger charge is -2.02. The number of carbonyl (C=O) groups excluding carboxylic acids is 1. The summed E-state index contributed by atoms with van der Waals surface area (Å²) < 4.78 is 45.8. The van der Waals surface area contributed by atoms with Gasteiger partial charge in [-0.25, -0.2) is 0 Å². The molecule has 2 aromatic rings. The van der Waals surface area contributed by atoms with Gasteiger partial charge in [-0.15, -0.1) is 0 Å². The number of ether oxygens (including phenoxy) is 2. The van der Waals surface area contributed by atoms with Gasteiger partial charge in [0.1, 0.15) is 11.5 Å². The molecule has 3 nitrogen and oxygen atoms in total. The van der Waals surface area contributed by atoms with E-state index in [2.05, 4.69) is 4.74 Å². The number of benzene rings is 2. The summed E-state index contributed by atoms with van der Waals surface area (Å²) in [6.07, 6.45) is 0.404. The number of hydrogen-bond donors (Lipinski definition) is 0. The zero-order chi connectivity index (χ0) is 17.5. The number of rotatable bonds is 6. The average molecular weight is 334 g/mol. The number of carbonyl (C=O) groups is 1. The second-order valence-electron chi connectivity index (χ2n) is 4.63. The molecule has 0 aromatic heterocycles. The topological polar surface area (TPSA) is 35.5 Å². The molecule has 24 heavy (non-hydrogen) atoms. The first-order valence-corrected chi connectivity index (χ1v) is 6.85. The van der Waals surface area contributed by atoms with Crippen LogP contribution in [-0.2, 0) is 0 Å². The summed E-state index contributed by atoms with van der Waals surface area (Å²) in [5, 5.41) is 0. The average Bonchev–Trinajstić information content (AvgIpc) is 2.60. The lowest BCUT2D eigenvalue weighted by atomic mass is 10.1. The minimum absolute atomic E-state index is 0.0704. The van der Waals surface area contributed by atoms with Gasteiger partial charge < -0.3 is 9.47 Å². The molecule has 0 aliphatic rings. The fraction of sp³-hybridized carbons (Fsp3) is 0.0556.